The lowest BCUT2D eigenvalue weighted by molar-refractivity contribution is -0.138. The van der Waals surface area contributed by atoms with Gasteiger partial charge in [0.25, 0.3) is 0 Å². The van der Waals surface area contributed by atoms with E-state index in [1.54, 1.807) is 6.92 Å². The zero-order valence-electron chi connectivity index (χ0n) is 7.71. The Morgan fingerprint density at radius 2 is 2.08 bits per heavy atom. The number of allylic oxidation sites excluding steroid dienone is 2. The van der Waals surface area contributed by atoms with Crippen molar-refractivity contribution >= 4 is 5.97 Å². The number of aliphatic carboxylic acids is 1. The summed E-state index contributed by atoms with van der Waals surface area (Å²) in [6.07, 6.45) is 3.41. The molecule has 4 heteroatoms. The summed E-state index contributed by atoms with van der Waals surface area (Å²) in [5, 5.41) is 20.9. The van der Waals surface area contributed by atoms with E-state index < -0.39 is 12.0 Å². The molecule has 0 fully saturated rings. The van der Waals surface area contributed by atoms with Crippen LogP contribution >= 0.6 is 0 Å². The molecule has 0 aliphatic heterocycles. The number of hydrogen-bond acceptors (Lipinski definition) is 3. The highest BCUT2D eigenvalue weighted by atomic mass is 16.4. The van der Waals surface area contributed by atoms with Gasteiger partial charge >= 0.3 is 5.97 Å². The maximum absolute atomic E-state index is 10.5. The molecular formula is C9H15NO3. The van der Waals surface area contributed by atoms with Gasteiger partial charge in [-0.3, -0.25) is 4.79 Å². The average molecular weight is 185 g/mol. The summed E-state index contributed by atoms with van der Waals surface area (Å²) < 4.78 is 0. The van der Waals surface area contributed by atoms with Gasteiger partial charge in [0.15, 0.2) is 0 Å². The normalized spacial score (nSPS) is 19.8. The van der Waals surface area contributed by atoms with Crippen molar-refractivity contribution < 1.29 is 15.0 Å². The first-order valence-corrected chi connectivity index (χ1v) is 4.51. The zero-order chi connectivity index (χ0) is 9.84. The van der Waals surface area contributed by atoms with Gasteiger partial charge in [0.1, 0.15) is 11.8 Å². The van der Waals surface area contributed by atoms with Gasteiger partial charge in [-0.05, 0) is 26.2 Å². The molecule has 1 aliphatic rings. The van der Waals surface area contributed by atoms with Gasteiger partial charge < -0.3 is 15.5 Å². The van der Waals surface area contributed by atoms with Crippen LogP contribution in [-0.4, -0.2) is 22.2 Å². The standard InChI is InChI=1S/C9H15NO3/c1-6(9(12)13)10-7-4-2-3-5-8(7)11/h6,10-11H,2-5H2,1H3,(H,12,13). The fourth-order valence-corrected chi connectivity index (χ4v) is 1.37. The molecule has 1 aliphatic carbocycles. The summed E-state index contributed by atoms with van der Waals surface area (Å²) in [5.74, 6) is -0.578. The molecule has 0 amide bonds. The van der Waals surface area contributed by atoms with Crippen LogP contribution in [-0.2, 0) is 4.79 Å². The van der Waals surface area contributed by atoms with Crippen LogP contribution in [0.2, 0.25) is 0 Å². The summed E-state index contributed by atoms with van der Waals surface area (Å²) in [5.41, 5.74) is 0.696. The smallest absolute Gasteiger partial charge is 0.325 e. The molecule has 0 bridgehead atoms. The predicted molar refractivity (Wildman–Crippen MR) is 48.4 cm³/mol. The van der Waals surface area contributed by atoms with Crippen molar-refractivity contribution in [3.05, 3.63) is 11.5 Å². The van der Waals surface area contributed by atoms with E-state index in [1.165, 1.54) is 0 Å². The van der Waals surface area contributed by atoms with Crippen molar-refractivity contribution in [3.8, 4) is 0 Å². The second-order valence-electron chi connectivity index (χ2n) is 3.34. The SMILES string of the molecule is CC(NC1=C(O)CCCC1)C(=O)O. The van der Waals surface area contributed by atoms with Gasteiger partial charge in [-0.2, -0.15) is 0 Å². The van der Waals surface area contributed by atoms with Crippen LogP contribution in [0.1, 0.15) is 32.6 Å². The molecule has 13 heavy (non-hydrogen) atoms. The van der Waals surface area contributed by atoms with Crippen molar-refractivity contribution in [2.24, 2.45) is 0 Å². The molecule has 3 N–H and O–H groups in total. The van der Waals surface area contributed by atoms with E-state index in [0.717, 1.165) is 19.3 Å². The zero-order valence-corrected chi connectivity index (χ0v) is 7.71. The van der Waals surface area contributed by atoms with Crippen molar-refractivity contribution in [2.75, 3.05) is 0 Å². The molecule has 1 atom stereocenters. The van der Waals surface area contributed by atoms with Crippen molar-refractivity contribution in [1.29, 1.82) is 0 Å². The molecule has 0 aromatic rings. The number of carboxylic acid groups (broad SMARTS) is 1. The van der Waals surface area contributed by atoms with Crippen molar-refractivity contribution in [2.45, 2.75) is 38.6 Å². The Hall–Kier alpha value is -1.19. The molecule has 0 aromatic carbocycles. The minimum absolute atomic E-state index is 0.319. The molecule has 0 radical (unpaired) electrons. The van der Waals surface area contributed by atoms with Crippen LogP contribution in [0.5, 0.6) is 0 Å². The summed E-state index contributed by atoms with van der Waals surface area (Å²) in [4.78, 5) is 10.5. The number of rotatable bonds is 3. The summed E-state index contributed by atoms with van der Waals surface area (Å²) in [6.45, 7) is 1.57. The van der Waals surface area contributed by atoms with Crippen molar-refractivity contribution in [1.82, 2.24) is 5.32 Å². The van der Waals surface area contributed by atoms with Crippen LogP contribution < -0.4 is 5.32 Å². The Morgan fingerprint density at radius 1 is 1.46 bits per heavy atom. The molecule has 0 saturated carbocycles. The molecule has 0 spiro atoms. The lowest BCUT2D eigenvalue weighted by Gasteiger charge is -2.19. The second-order valence-corrected chi connectivity index (χ2v) is 3.34. The maximum atomic E-state index is 10.5. The molecule has 0 saturated heterocycles. The number of hydrogen-bond donors (Lipinski definition) is 3. The number of nitrogens with one attached hydrogen (secondary N) is 1. The highest BCUT2D eigenvalue weighted by molar-refractivity contribution is 5.73. The molecular weight excluding hydrogens is 170 g/mol. The summed E-state index contributed by atoms with van der Waals surface area (Å²) in [7, 11) is 0. The van der Waals surface area contributed by atoms with Gasteiger partial charge in [-0.15, -0.1) is 0 Å². The van der Waals surface area contributed by atoms with E-state index in [2.05, 4.69) is 5.32 Å². The first-order valence-electron chi connectivity index (χ1n) is 4.51. The van der Waals surface area contributed by atoms with Gasteiger partial charge in [0.2, 0.25) is 0 Å². The third-order valence-electron chi connectivity index (χ3n) is 2.20. The number of carbonyl (C=O) groups is 1. The van der Waals surface area contributed by atoms with Gasteiger partial charge in [-0.25, -0.2) is 0 Å². The molecule has 0 heterocycles. The van der Waals surface area contributed by atoms with Gasteiger partial charge in [-0.1, -0.05) is 0 Å². The van der Waals surface area contributed by atoms with E-state index in [4.69, 9.17) is 5.11 Å². The Bertz CT molecular complexity index is 235. The fourth-order valence-electron chi connectivity index (χ4n) is 1.37. The minimum Gasteiger partial charge on any atom is -0.511 e. The first kappa shape index (κ1) is 9.89. The second kappa shape index (κ2) is 4.16. The number of aliphatic hydroxyl groups is 1. The fraction of sp³-hybridized carbons (Fsp3) is 0.667. The molecule has 4 nitrogen and oxygen atoms in total. The van der Waals surface area contributed by atoms with E-state index in [1.807, 2.05) is 0 Å². The average Bonchev–Trinajstić information content (AvgIpc) is 2.08. The van der Waals surface area contributed by atoms with Crippen molar-refractivity contribution in [3.63, 3.8) is 0 Å². The quantitative estimate of drug-likeness (QED) is 0.621. The monoisotopic (exact) mass is 185 g/mol. The van der Waals surface area contributed by atoms with Gasteiger partial charge in [0.05, 0.1) is 0 Å². The largest absolute Gasteiger partial charge is 0.511 e. The molecule has 1 rings (SSSR count). The van der Waals surface area contributed by atoms with E-state index >= 15 is 0 Å². The summed E-state index contributed by atoms with van der Waals surface area (Å²) in [6, 6.07) is -0.629. The highest BCUT2D eigenvalue weighted by Crippen LogP contribution is 2.20. The summed E-state index contributed by atoms with van der Waals surface area (Å²) >= 11 is 0. The molecule has 74 valence electrons. The first-order chi connectivity index (χ1) is 6.11. The Kier molecular flexibility index (Phi) is 3.17. The van der Waals surface area contributed by atoms with E-state index in [0.29, 0.717) is 17.9 Å². The minimum atomic E-state index is -0.897. The third kappa shape index (κ3) is 2.65. The van der Waals surface area contributed by atoms with E-state index in [-0.39, 0.29) is 0 Å². The lowest BCUT2D eigenvalue weighted by Crippen LogP contribution is -2.34. The molecule has 1 unspecified atom stereocenters. The Labute approximate surface area is 77.3 Å². The third-order valence-corrected chi connectivity index (χ3v) is 2.20. The Balaban J connectivity index is 2.56. The van der Waals surface area contributed by atoms with Crippen LogP contribution in [0.15, 0.2) is 11.5 Å². The van der Waals surface area contributed by atoms with Crippen LogP contribution in [0.4, 0.5) is 0 Å². The lowest BCUT2D eigenvalue weighted by atomic mass is 10.0. The predicted octanol–water partition coefficient (Wildman–Crippen LogP) is 1.39. The van der Waals surface area contributed by atoms with Gasteiger partial charge in [0, 0.05) is 12.1 Å². The number of carboxylic acids is 1. The topological polar surface area (TPSA) is 69.6 Å². The maximum Gasteiger partial charge on any atom is 0.325 e. The highest BCUT2D eigenvalue weighted by Gasteiger charge is 2.16. The van der Waals surface area contributed by atoms with Crippen LogP contribution in [0.25, 0.3) is 0 Å². The van der Waals surface area contributed by atoms with E-state index in [9.17, 15) is 9.90 Å². The van der Waals surface area contributed by atoms with Crippen LogP contribution in [0, 0.1) is 0 Å². The molecule has 0 aromatic heterocycles. The Morgan fingerprint density at radius 3 is 2.62 bits per heavy atom. The van der Waals surface area contributed by atoms with Crippen LogP contribution in [0.3, 0.4) is 0 Å². The number of aliphatic hydroxyl groups excluding tert-OH is 1.